The number of halogens is 1. The summed E-state index contributed by atoms with van der Waals surface area (Å²) in [5.41, 5.74) is 2.29. The third-order valence-corrected chi connectivity index (χ3v) is 3.75. The maximum absolute atomic E-state index is 12.4. The Morgan fingerprint density at radius 2 is 2.15 bits per heavy atom. The second kappa shape index (κ2) is 5.75. The minimum atomic E-state index is -0.537. The van der Waals surface area contributed by atoms with E-state index in [4.69, 9.17) is 0 Å². The van der Waals surface area contributed by atoms with Crippen LogP contribution in [0.4, 0.5) is 5.69 Å². The van der Waals surface area contributed by atoms with Gasteiger partial charge in [-0.3, -0.25) is 9.59 Å². The van der Waals surface area contributed by atoms with Gasteiger partial charge in [0.15, 0.2) is 0 Å². The lowest BCUT2D eigenvalue weighted by molar-refractivity contribution is -0.142. The number of rotatable bonds is 3. The molecule has 5 nitrogen and oxygen atoms in total. The summed E-state index contributed by atoms with van der Waals surface area (Å²) in [4.78, 5) is 23.8. The molecule has 20 heavy (non-hydrogen) atoms. The fourth-order valence-electron chi connectivity index (χ4n) is 2.12. The molecule has 1 heterocycles. The third-order valence-electron chi connectivity index (χ3n) is 3.25. The summed E-state index contributed by atoms with van der Waals surface area (Å²) in [6.45, 7) is 3.66. The van der Waals surface area contributed by atoms with E-state index < -0.39 is 11.9 Å². The molecular formula is C14H15BrN2O3. The van der Waals surface area contributed by atoms with Crippen LogP contribution in [-0.4, -0.2) is 24.7 Å². The minimum Gasteiger partial charge on any atom is -0.469 e. The molecule has 0 fully saturated rings. The lowest BCUT2D eigenvalue weighted by Crippen LogP contribution is -2.29. The van der Waals surface area contributed by atoms with Gasteiger partial charge in [0, 0.05) is 10.2 Å². The molecule has 1 atom stereocenters. The molecule has 1 aliphatic heterocycles. The van der Waals surface area contributed by atoms with E-state index in [1.54, 1.807) is 6.92 Å². The van der Waals surface area contributed by atoms with Crippen molar-refractivity contribution in [2.75, 3.05) is 12.1 Å². The van der Waals surface area contributed by atoms with Crippen LogP contribution in [0.2, 0.25) is 0 Å². The molecule has 0 aromatic heterocycles. The Hall–Kier alpha value is -1.69. The van der Waals surface area contributed by atoms with E-state index in [9.17, 15) is 9.59 Å². The molecular weight excluding hydrogens is 324 g/mol. The average Bonchev–Trinajstić information content (AvgIpc) is 2.66. The Morgan fingerprint density at radius 3 is 2.75 bits per heavy atom. The summed E-state index contributed by atoms with van der Waals surface area (Å²) in [7, 11) is 1.31. The largest absolute Gasteiger partial charge is 0.469 e. The molecule has 1 amide bonds. The number of benzene rings is 1. The van der Waals surface area contributed by atoms with Gasteiger partial charge in [0.2, 0.25) is 0 Å². The number of hydrogen-bond donors (Lipinski definition) is 0. The highest BCUT2D eigenvalue weighted by Crippen LogP contribution is 2.30. The van der Waals surface area contributed by atoms with E-state index in [2.05, 4.69) is 25.8 Å². The summed E-state index contributed by atoms with van der Waals surface area (Å²) in [5, 5.41) is 5.64. The van der Waals surface area contributed by atoms with Crippen LogP contribution in [0.25, 0.3) is 0 Å². The van der Waals surface area contributed by atoms with Crippen molar-refractivity contribution in [3.63, 3.8) is 0 Å². The van der Waals surface area contributed by atoms with Gasteiger partial charge >= 0.3 is 5.97 Å². The number of hydrazone groups is 1. The Kier molecular flexibility index (Phi) is 4.23. The first-order chi connectivity index (χ1) is 9.43. The quantitative estimate of drug-likeness (QED) is 0.796. The molecule has 0 bridgehead atoms. The third kappa shape index (κ3) is 2.75. The summed E-state index contributed by atoms with van der Waals surface area (Å²) < 4.78 is 5.56. The Bertz CT molecular complexity index is 598. The monoisotopic (exact) mass is 338 g/mol. The van der Waals surface area contributed by atoms with E-state index >= 15 is 0 Å². The zero-order chi connectivity index (χ0) is 14.9. The number of methoxy groups -OCH3 is 1. The van der Waals surface area contributed by atoms with Crippen molar-refractivity contribution in [2.45, 2.75) is 20.3 Å². The van der Waals surface area contributed by atoms with Gasteiger partial charge in [0.1, 0.15) is 0 Å². The normalized spacial score (nSPS) is 18.2. The molecule has 6 heteroatoms. The van der Waals surface area contributed by atoms with Crippen LogP contribution in [0, 0.1) is 12.8 Å². The molecule has 0 spiro atoms. The summed E-state index contributed by atoms with van der Waals surface area (Å²) in [5.74, 6) is -1.14. The molecule has 0 saturated carbocycles. The lowest BCUT2D eigenvalue weighted by atomic mass is 10.0. The van der Waals surface area contributed by atoms with Crippen molar-refractivity contribution >= 4 is 39.2 Å². The molecule has 1 unspecified atom stereocenters. The summed E-state index contributed by atoms with van der Waals surface area (Å²) >= 11 is 3.39. The number of ether oxygens (including phenoxy) is 1. The number of aryl methyl sites for hydroxylation is 1. The van der Waals surface area contributed by atoms with Crippen molar-refractivity contribution in [1.82, 2.24) is 0 Å². The van der Waals surface area contributed by atoms with Crippen molar-refractivity contribution in [1.29, 1.82) is 0 Å². The highest BCUT2D eigenvalue weighted by Gasteiger charge is 2.36. The van der Waals surface area contributed by atoms with E-state index in [1.165, 1.54) is 12.1 Å². The number of esters is 1. The number of carbonyl (C=O) groups is 2. The number of nitrogens with zero attached hydrogens (tertiary/aromatic N) is 2. The lowest BCUT2D eigenvalue weighted by Gasteiger charge is -2.16. The van der Waals surface area contributed by atoms with Crippen LogP contribution in [0.15, 0.2) is 27.8 Å². The van der Waals surface area contributed by atoms with Gasteiger partial charge in [-0.1, -0.05) is 15.9 Å². The first-order valence-corrected chi connectivity index (χ1v) is 6.95. The van der Waals surface area contributed by atoms with E-state index in [0.717, 1.165) is 15.7 Å². The first-order valence-electron chi connectivity index (χ1n) is 6.16. The van der Waals surface area contributed by atoms with Crippen molar-refractivity contribution < 1.29 is 14.3 Å². The SMILES string of the molecule is COC(=O)CC1C(=O)N(c2ccc(Br)cc2C)N=C1C. The van der Waals surface area contributed by atoms with Crippen molar-refractivity contribution in [3.8, 4) is 0 Å². The Balaban J connectivity index is 2.28. The van der Waals surface area contributed by atoms with Gasteiger partial charge in [-0.25, -0.2) is 0 Å². The number of anilines is 1. The van der Waals surface area contributed by atoms with E-state index in [0.29, 0.717) is 5.71 Å². The summed E-state index contributed by atoms with van der Waals surface area (Å²) in [6.07, 6.45) is 0.0245. The minimum absolute atomic E-state index is 0.0245. The van der Waals surface area contributed by atoms with Gasteiger partial charge < -0.3 is 4.74 Å². The topological polar surface area (TPSA) is 59.0 Å². The molecule has 1 aliphatic rings. The molecule has 106 valence electrons. The van der Waals surface area contributed by atoms with Crippen LogP contribution in [-0.2, 0) is 14.3 Å². The number of hydrogen-bond acceptors (Lipinski definition) is 4. The highest BCUT2D eigenvalue weighted by molar-refractivity contribution is 9.10. The Morgan fingerprint density at radius 1 is 1.45 bits per heavy atom. The van der Waals surface area contributed by atoms with Gasteiger partial charge in [-0.2, -0.15) is 10.1 Å². The standard InChI is InChI=1S/C14H15BrN2O3/c1-8-6-10(15)4-5-12(8)17-14(19)11(9(2)16-17)7-13(18)20-3/h4-6,11H,7H2,1-3H3. The predicted molar refractivity (Wildman–Crippen MR) is 79.6 cm³/mol. The fourth-order valence-corrected chi connectivity index (χ4v) is 2.59. The number of carbonyl (C=O) groups excluding carboxylic acids is 2. The second-order valence-corrected chi connectivity index (χ2v) is 5.57. The maximum Gasteiger partial charge on any atom is 0.306 e. The highest BCUT2D eigenvalue weighted by atomic mass is 79.9. The zero-order valence-corrected chi connectivity index (χ0v) is 13.1. The van der Waals surface area contributed by atoms with Crippen LogP contribution < -0.4 is 5.01 Å². The second-order valence-electron chi connectivity index (χ2n) is 4.66. The molecule has 1 aromatic carbocycles. The van der Waals surface area contributed by atoms with Crippen LogP contribution >= 0.6 is 15.9 Å². The molecule has 0 saturated heterocycles. The van der Waals surface area contributed by atoms with Crippen LogP contribution in [0.5, 0.6) is 0 Å². The first kappa shape index (κ1) is 14.7. The average molecular weight is 339 g/mol. The van der Waals surface area contributed by atoms with Gasteiger partial charge in [0.05, 0.1) is 25.1 Å². The molecule has 2 rings (SSSR count). The van der Waals surface area contributed by atoms with Gasteiger partial charge in [-0.15, -0.1) is 0 Å². The van der Waals surface area contributed by atoms with E-state index in [-0.39, 0.29) is 12.3 Å². The van der Waals surface area contributed by atoms with E-state index in [1.807, 2.05) is 25.1 Å². The van der Waals surface area contributed by atoms with Crippen LogP contribution in [0.1, 0.15) is 18.9 Å². The number of amides is 1. The van der Waals surface area contributed by atoms with Gasteiger partial charge in [-0.05, 0) is 37.6 Å². The fraction of sp³-hybridized carbons (Fsp3) is 0.357. The Labute approximate surface area is 125 Å². The molecule has 1 aromatic rings. The maximum atomic E-state index is 12.4. The summed E-state index contributed by atoms with van der Waals surface area (Å²) in [6, 6.07) is 5.60. The molecule has 0 N–H and O–H groups in total. The molecule has 0 radical (unpaired) electrons. The van der Waals surface area contributed by atoms with Crippen molar-refractivity contribution in [3.05, 3.63) is 28.2 Å². The van der Waals surface area contributed by atoms with Gasteiger partial charge in [0.25, 0.3) is 5.91 Å². The zero-order valence-electron chi connectivity index (χ0n) is 11.5. The smallest absolute Gasteiger partial charge is 0.306 e. The predicted octanol–water partition coefficient (Wildman–Crippen LogP) is 2.66. The van der Waals surface area contributed by atoms with Crippen LogP contribution in [0.3, 0.4) is 0 Å². The molecule has 0 aliphatic carbocycles. The van der Waals surface area contributed by atoms with Crippen molar-refractivity contribution in [2.24, 2.45) is 11.0 Å².